The number of aliphatic hydroxyl groups is 1. The number of benzene rings is 2. The molecule has 2 aromatic rings. The smallest absolute Gasteiger partial charge is 0.335 e. The van der Waals surface area contributed by atoms with E-state index in [4.69, 9.17) is 0 Å². The Labute approximate surface area is 133 Å². The van der Waals surface area contributed by atoms with Gasteiger partial charge in [-0.05, 0) is 17.7 Å². The summed E-state index contributed by atoms with van der Waals surface area (Å²) >= 11 is 0. The van der Waals surface area contributed by atoms with Crippen LogP contribution in [0.1, 0.15) is 37.8 Å². The predicted octanol–water partition coefficient (Wildman–Crippen LogP) is 1.57. The van der Waals surface area contributed by atoms with Crippen molar-refractivity contribution in [3.8, 4) is 5.75 Å². The number of hydrogen-bond acceptors (Lipinski definition) is 4. The number of hydrogen-bond donors (Lipinski definition) is 4. The Hall–Kier alpha value is -2.86. The summed E-state index contributed by atoms with van der Waals surface area (Å²) in [7, 11) is 1.38. The molecule has 1 amide bonds. The van der Waals surface area contributed by atoms with Crippen LogP contribution in [0.15, 0.2) is 42.5 Å². The minimum Gasteiger partial charge on any atom is -0.507 e. The van der Waals surface area contributed by atoms with Crippen LogP contribution in [0.3, 0.4) is 0 Å². The predicted molar refractivity (Wildman–Crippen MR) is 83.8 cm³/mol. The number of aromatic carboxylic acids is 1. The van der Waals surface area contributed by atoms with E-state index < -0.39 is 17.8 Å². The fourth-order valence-corrected chi connectivity index (χ4v) is 2.42. The maximum atomic E-state index is 11.9. The van der Waals surface area contributed by atoms with Gasteiger partial charge in [0, 0.05) is 18.5 Å². The van der Waals surface area contributed by atoms with Crippen molar-refractivity contribution in [3.63, 3.8) is 0 Å². The van der Waals surface area contributed by atoms with Crippen molar-refractivity contribution in [2.75, 3.05) is 13.7 Å². The van der Waals surface area contributed by atoms with Crippen LogP contribution in [0, 0.1) is 0 Å². The number of amides is 1. The Kier molecular flexibility index (Phi) is 4.98. The summed E-state index contributed by atoms with van der Waals surface area (Å²) in [4.78, 5) is 23.2. The summed E-state index contributed by atoms with van der Waals surface area (Å²) in [5.74, 6) is -2.80. The van der Waals surface area contributed by atoms with Crippen molar-refractivity contribution in [2.24, 2.45) is 0 Å². The highest BCUT2D eigenvalue weighted by atomic mass is 16.4. The van der Waals surface area contributed by atoms with Crippen molar-refractivity contribution in [2.45, 2.75) is 5.92 Å². The topological polar surface area (TPSA) is 107 Å². The molecule has 0 aromatic heterocycles. The van der Waals surface area contributed by atoms with Gasteiger partial charge in [-0.3, -0.25) is 4.79 Å². The highest BCUT2D eigenvalue weighted by Crippen LogP contribution is 2.34. The number of nitrogens with one attached hydrogen (secondary N) is 1. The third kappa shape index (κ3) is 3.32. The molecule has 0 aliphatic carbocycles. The zero-order valence-corrected chi connectivity index (χ0v) is 12.5. The molecule has 1 unspecified atom stereocenters. The molecule has 0 bridgehead atoms. The molecule has 4 N–H and O–H groups in total. The molecule has 0 spiro atoms. The number of phenols is 1. The maximum Gasteiger partial charge on any atom is 0.335 e. The first kappa shape index (κ1) is 16.5. The lowest BCUT2D eigenvalue weighted by Crippen LogP contribution is -2.20. The number of phenolic OH excluding ortho intramolecular Hbond substituents is 1. The van der Waals surface area contributed by atoms with Gasteiger partial charge in [0.25, 0.3) is 5.91 Å². The molecular formula is C17H17NO5. The second kappa shape index (κ2) is 6.93. The number of aromatic hydroxyl groups is 1. The van der Waals surface area contributed by atoms with Gasteiger partial charge < -0.3 is 20.6 Å². The van der Waals surface area contributed by atoms with Crippen LogP contribution in [0.2, 0.25) is 0 Å². The molecule has 120 valence electrons. The lowest BCUT2D eigenvalue weighted by atomic mass is 9.88. The molecule has 1 atom stereocenters. The van der Waals surface area contributed by atoms with Gasteiger partial charge in [-0.15, -0.1) is 0 Å². The summed E-state index contributed by atoms with van der Waals surface area (Å²) < 4.78 is 0. The van der Waals surface area contributed by atoms with E-state index in [1.165, 1.54) is 13.1 Å². The lowest BCUT2D eigenvalue weighted by Gasteiger charge is -2.19. The van der Waals surface area contributed by atoms with Gasteiger partial charge in [-0.25, -0.2) is 4.79 Å². The molecule has 0 aliphatic rings. The van der Waals surface area contributed by atoms with E-state index in [9.17, 15) is 24.9 Å². The molecule has 2 rings (SSSR count). The monoisotopic (exact) mass is 315 g/mol. The fourth-order valence-electron chi connectivity index (χ4n) is 2.42. The number of carboxylic acid groups (broad SMARTS) is 1. The maximum absolute atomic E-state index is 11.9. The van der Waals surface area contributed by atoms with Crippen LogP contribution in [0.25, 0.3) is 0 Å². The van der Waals surface area contributed by atoms with E-state index in [-0.39, 0.29) is 29.0 Å². The Balaban J connectivity index is 2.66. The molecular weight excluding hydrogens is 298 g/mol. The van der Waals surface area contributed by atoms with Crippen molar-refractivity contribution >= 4 is 11.9 Å². The average Bonchev–Trinajstić information content (AvgIpc) is 2.57. The van der Waals surface area contributed by atoms with E-state index in [1.54, 1.807) is 30.3 Å². The summed E-state index contributed by atoms with van der Waals surface area (Å²) in [6.07, 6.45) is 0. The normalized spacial score (nSPS) is 11.7. The van der Waals surface area contributed by atoms with Gasteiger partial charge in [0.15, 0.2) is 0 Å². The fraction of sp³-hybridized carbons (Fsp3) is 0.176. The van der Waals surface area contributed by atoms with E-state index in [0.717, 1.165) is 6.07 Å². The number of rotatable bonds is 5. The van der Waals surface area contributed by atoms with Crippen LogP contribution in [0.4, 0.5) is 0 Å². The zero-order chi connectivity index (χ0) is 17.0. The molecule has 23 heavy (non-hydrogen) atoms. The second-order valence-corrected chi connectivity index (χ2v) is 4.99. The molecule has 0 heterocycles. The van der Waals surface area contributed by atoms with Crippen molar-refractivity contribution in [3.05, 3.63) is 64.7 Å². The van der Waals surface area contributed by atoms with Gasteiger partial charge in [0.05, 0.1) is 17.7 Å². The molecule has 6 heteroatoms. The zero-order valence-electron chi connectivity index (χ0n) is 12.5. The SMILES string of the molecule is CNC(=O)c1cc(C(=O)O)cc(C(CO)c2ccccc2)c1O. The number of carbonyl (C=O) groups is 2. The number of carbonyl (C=O) groups excluding carboxylic acids is 1. The lowest BCUT2D eigenvalue weighted by molar-refractivity contribution is 0.0696. The van der Waals surface area contributed by atoms with Crippen LogP contribution >= 0.6 is 0 Å². The Morgan fingerprint density at radius 3 is 2.35 bits per heavy atom. The van der Waals surface area contributed by atoms with Gasteiger partial charge in [-0.2, -0.15) is 0 Å². The van der Waals surface area contributed by atoms with E-state index in [0.29, 0.717) is 5.56 Å². The quantitative estimate of drug-likeness (QED) is 0.670. The summed E-state index contributed by atoms with van der Waals surface area (Å²) in [5, 5.41) is 31.7. The first-order chi connectivity index (χ1) is 11.0. The van der Waals surface area contributed by atoms with E-state index in [2.05, 4.69) is 5.32 Å². The first-order valence-electron chi connectivity index (χ1n) is 6.97. The molecule has 2 aromatic carbocycles. The minimum atomic E-state index is -1.22. The molecule has 0 radical (unpaired) electrons. The van der Waals surface area contributed by atoms with Crippen molar-refractivity contribution < 1.29 is 24.9 Å². The molecule has 0 saturated carbocycles. The van der Waals surface area contributed by atoms with Gasteiger partial charge in [-0.1, -0.05) is 30.3 Å². The highest BCUT2D eigenvalue weighted by Gasteiger charge is 2.24. The van der Waals surface area contributed by atoms with Crippen LogP contribution in [-0.2, 0) is 0 Å². The van der Waals surface area contributed by atoms with Gasteiger partial charge >= 0.3 is 5.97 Å². The van der Waals surface area contributed by atoms with E-state index >= 15 is 0 Å². The van der Waals surface area contributed by atoms with Gasteiger partial charge in [0.2, 0.25) is 0 Å². The third-order valence-electron chi connectivity index (χ3n) is 3.62. The minimum absolute atomic E-state index is 0.134. The van der Waals surface area contributed by atoms with Crippen LogP contribution < -0.4 is 5.32 Å². The Morgan fingerprint density at radius 2 is 1.83 bits per heavy atom. The van der Waals surface area contributed by atoms with Crippen LogP contribution in [0.5, 0.6) is 5.75 Å². The second-order valence-electron chi connectivity index (χ2n) is 4.99. The van der Waals surface area contributed by atoms with Crippen LogP contribution in [-0.4, -0.2) is 40.9 Å². The standard InChI is InChI=1S/C17H17NO5/c1-18-16(21)13-8-11(17(22)23)7-12(15(13)20)14(9-19)10-5-3-2-4-6-10/h2-8,14,19-20H,9H2,1H3,(H,18,21)(H,22,23). The molecule has 6 nitrogen and oxygen atoms in total. The van der Waals surface area contributed by atoms with Crippen molar-refractivity contribution in [1.82, 2.24) is 5.32 Å². The van der Waals surface area contributed by atoms with Crippen molar-refractivity contribution in [1.29, 1.82) is 0 Å². The third-order valence-corrected chi connectivity index (χ3v) is 3.62. The highest BCUT2D eigenvalue weighted by molar-refractivity contribution is 6.00. The summed E-state index contributed by atoms with van der Waals surface area (Å²) in [5.41, 5.74) is 0.621. The Bertz CT molecular complexity index is 727. The van der Waals surface area contributed by atoms with Gasteiger partial charge in [0.1, 0.15) is 5.75 Å². The average molecular weight is 315 g/mol. The summed E-state index contributed by atoms with van der Waals surface area (Å²) in [6, 6.07) is 11.3. The molecule has 0 saturated heterocycles. The van der Waals surface area contributed by atoms with E-state index in [1.807, 2.05) is 0 Å². The largest absolute Gasteiger partial charge is 0.507 e. The number of carboxylic acids is 1. The molecule has 0 fully saturated rings. The Morgan fingerprint density at radius 1 is 1.17 bits per heavy atom. The number of aliphatic hydroxyl groups excluding tert-OH is 1. The summed E-state index contributed by atoms with van der Waals surface area (Å²) in [6.45, 7) is -0.339. The molecule has 0 aliphatic heterocycles. The first-order valence-corrected chi connectivity index (χ1v) is 6.97.